The Labute approximate surface area is 181 Å². The van der Waals surface area contributed by atoms with Crippen molar-refractivity contribution in [2.24, 2.45) is 0 Å². The summed E-state index contributed by atoms with van der Waals surface area (Å²) in [7, 11) is -3.19. The van der Waals surface area contributed by atoms with Gasteiger partial charge in [0.25, 0.3) is 0 Å². The summed E-state index contributed by atoms with van der Waals surface area (Å²) in [6.45, 7) is 3.99. The van der Waals surface area contributed by atoms with E-state index in [1.165, 1.54) is 16.9 Å². The average Bonchev–Trinajstić information content (AvgIpc) is 3.66. The second-order valence-electron chi connectivity index (χ2n) is 8.81. The SMILES string of the molecule is CC1(Oc2cc(C(=N)c3cc(N4CCN(S(C)(=O)=O)CC4)ncn3)c(N)c3c2C3)CC1. The van der Waals surface area contributed by atoms with Gasteiger partial charge in [-0.1, -0.05) is 0 Å². The molecule has 3 aliphatic rings. The van der Waals surface area contributed by atoms with Crippen molar-refractivity contribution in [2.75, 3.05) is 43.1 Å². The highest BCUT2D eigenvalue weighted by molar-refractivity contribution is 7.88. The van der Waals surface area contributed by atoms with E-state index in [0.717, 1.165) is 36.1 Å². The number of sulfonamides is 1. The quantitative estimate of drug-likeness (QED) is 0.436. The first-order valence-corrected chi connectivity index (χ1v) is 12.2. The van der Waals surface area contributed by atoms with E-state index in [0.29, 0.717) is 48.9 Å². The van der Waals surface area contributed by atoms with E-state index in [-0.39, 0.29) is 11.3 Å². The van der Waals surface area contributed by atoms with Crippen LogP contribution in [0.2, 0.25) is 0 Å². The molecule has 0 radical (unpaired) electrons. The van der Waals surface area contributed by atoms with Crippen LogP contribution in [-0.2, 0) is 16.4 Å². The van der Waals surface area contributed by atoms with Crippen molar-refractivity contribution in [2.45, 2.75) is 31.8 Å². The molecule has 10 heteroatoms. The third-order valence-corrected chi connectivity index (χ3v) is 7.60. The summed E-state index contributed by atoms with van der Waals surface area (Å²) in [5, 5.41) is 8.77. The van der Waals surface area contributed by atoms with E-state index < -0.39 is 10.0 Å². The highest BCUT2D eigenvalue weighted by Crippen LogP contribution is 2.48. The molecule has 2 heterocycles. The number of hydrogen-bond donors (Lipinski definition) is 2. The molecule has 5 rings (SSSR count). The maximum atomic E-state index is 11.7. The normalized spacial score (nSPS) is 19.6. The Kier molecular flexibility index (Phi) is 4.49. The number of anilines is 2. The van der Waals surface area contributed by atoms with Crippen LogP contribution >= 0.6 is 0 Å². The topological polar surface area (TPSA) is 126 Å². The van der Waals surface area contributed by atoms with Crippen molar-refractivity contribution in [3.63, 3.8) is 0 Å². The van der Waals surface area contributed by atoms with E-state index in [1.54, 1.807) is 6.07 Å². The Hall–Kier alpha value is -2.72. The van der Waals surface area contributed by atoms with Crippen molar-refractivity contribution in [3.8, 4) is 5.75 Å². The molecule has 0 spiro atoms. The van der Waals surface area contributed by atoms with Crippen LogP contribution in [0.5, 0.6) is 5.75 Å². The number of fused-ring (bicyclic) bond motifs is 1. The Morgan fingerprint density at radius 3 is 2.52 bits per heavy atom. The molecule has 2 aromatic rings. The molecule has 1 saturated heterocycles. The van der Waals surface area contributed by atoms with E-state index in [9.17, 15) is 8.42 Å². The number of rotatable bonds is 6. The smallest absolute Gasteiger partial charge is 0.211 e. The van der Waals surface area contributed by atoms with Crippen LogP contribution in [0.15, 0.2) is 18.5 Å². The fraction of sp³-hybridized carbons (Fsp3) is 0.476. The molecule has 31 heavy (non-hydrogen) atoms. The van der Waals surface area contributed by atoms with Crippen LogP contribution in [0.1, 0.15) is 42.1 Å². The maximum Gasteiger partial charge on any atom is 0.211 e. The molecule has 2 aliphatic carbocycles. The fourth-order valence-corrected chi connectivity index (χ4v) is 4.80. The van der Waals surface area contributed by atoms with Gasteiger partial charge in [-0.3, -0.25) is 5.41 Å². The first kappa shape index (κ1) is 20.2. The number of nitrogen functional groups attached to an aromatic ring is 1. The van der Waals surface area contributed by atoms with Crippen molar-refractivity contribution in [3.05, 3.63) is 40.8 Å². The number of nitrogens with two attached hydrogens (primary N) is 1. The van der Waals surface area contributed by atoms with Gasteiger partial charge in [-0.05, 0) is 31.4 Å². The van der Waals surface area contributed by atoms with Crippen LogP contribution < -0.4 is 15.4 Å². The molecule has 0 unspecified atom stereocenters. The van der Waals surface area contributed by atoms with Crippen molar-refractivity contribution in [1.29, 1.82) is 5.41 Å². The third kappa shape index (κ3) is 3.85. The number of benzene rings is 1. The van der Waals surface area contributed by atoms with Crippen LogP contribution in [-0.4, -0.2) is 66.4 Å². The van der Waals surface area contributed by atoms with Gasteiger partial charge in [-0.2, -0.15) is 4.31 Å². The van der Waals surface area contributed by atoms with Crippen molar-refractivity contribution in [1.82, 2.24) is 14.3 Å². The predicted molar refractivity (Wildman–Crippen MR) is 119 cm³/mol. The molecule has 3 N–H and O–H groups in total. The summed E-state index contributed by atoms with van der Waals surface area (Å²) in [6.07, 6.45) is 5.56. The monoisotopic (exact) mass is 442 g/mol. The van der Waals surface area contributed by atoms with Crippen LogP contribution in [0.4, 0.5) is 11.5 Å². The van der Waals surface area contributed by atoms with Gasteiger partial charge >= 0.3 is 0 Å². The largest absolute Gasteiger partial charge is 0.487 e. The maximum absolute atomic E-state index is 11.7. The minimum atomic E-state index is -3.19. The minimum Gasteiger partial charge on any atom is -0.487 e. The lowest BCUT2D eigenvalue weighted by Crippen LogP contribution is -2.48. The third-order valence-electron chi connectivity index (χ3n) is 6.30. The zero-order valence-corrected chi connectivity index (χ0v) is 18.5. The molecule has 1 aromatic carbocycles. The van der Waals surface area contributed by atoms with Gasteiger partial charge in [-0.15, -0.1) is 0 Å². The molecule has 0 amide bonds. The molecule has 0 atom stereocenters. The van der Waals surface area contributed by atoms with Gasteiger partial charge in [0, 0.05) is 55.5 Å². The molecule has 1 saturated carbocycles. The number of nitrogens with zero attached hydrogens (tertiary/aromatic N) is 4. The Morgan fingerprint density at radius 1 is 1.16 bits per heavy atom. The van der Waals surface area contributed by atoms with Gasteiger partial charge in [0.2, 0.25) is 10.0 Å². The van der Waals surface area contributed by atoms with E-state index in [2.05, 4.69) is 16.9 Å². The minimum absolute atomic E-state index is 0.0951. The van der Waals surface area contributed by atoms with Gasteiger partial charge in [0.1, 0.15) is 23.5 Å². The number of hydrogen-bond acceptors (Lipinski definition) is 8. The summed E-state index contributed by atoms with van der Waals surface area (Å²) in [5.41, 5.74) is 10.4. The first-order valence-electron chi connectivity index (χ1n) is 10.4. The fourth-order valence-electron chi connectivity index (χ4n) is 3.97. The molecule has 2 fully saturated rings. The lowest BCUT2D eigenvalue weighted by molar-refractivity contribution is 0.200. The predicted octanol–water partition coefficient (Wildman–Crippen LogP) is 1.39. The second kappa shape index (κ2) is 6.89. The standard InChI is InChI=1S/C21H26N6O3S/c1-21(3-4-21)30-17-10-15(19(22)14-9-13(14)17)20(23)16-11-18(25-12-24-16)26-5-7-27(8-6-26)31(2,28)29/h10-12,23H,3-9,22H2,1-2H3. The van der Waals surface area contributed by atoms with Crippen LogP contribution in [0.3, 0.4) is 0 Å². The summed E-state index contributed by atoms with van der Waals surface area (Å²) in [4.78, 5) is 10.7. The number of aromatic nitrogens is 2. The Bertz CT molecular complexity index is 1180. The summed E-state index contributed by atoms with van der Waals surface area (Å²) < 4.78 is 31.1. The average molecular weight is 443 g/mol. The highest BCUT2D eigenvalue weighted by Gasteiger charge is 2.42. The van der Waals surface area contributed by atoms with Crippen LogP contribution in [0, 0.1) is 5.41 Å². The summed E-state index contributed by atoms with van der Waals surface area (Å²) in [5.74, 6) is 1.50. The summed E-state index contributed by atoms with van der Waals surface area (Å²) in [6, 6.07) is 3.64. The van der Waals surface area contributed by atoms with Crippen molar-refractivity contribution < 1.29 is 13.2 Å². The Balaban J connectivity index is 1.38. The molecular weight excluding hydrogens is 416 g/mol. The number of piperazine rings is 1. The van der Waals surface area contributed by atoms with Crippen LogP contribution in [0.25, 0.3) is 0 Å². The molecule has 1 aromatic heterocycles. The van der Waals surface area contributed by atoms with E-state index >= 15 is 0 Å². The van der Waals surface area contributed by atoms with Gasteiger partial charge < -0.3 is 15.4 Å². The molecule has 0 bridgehead atoms. The van der Waals surface area contributed by atoms with Crippen molar-refractivity contribution >= 4 is 27.2 Å². The van der Waals surface area contributed by atoms with E-state index in [4.69, 9.17) is 15.9 Å². The highest BCUT2D eigenvalue weighted by atomic mass is 32.2. The zero-order chi connectivity index (χ0) is 22.0. The second-order valence-corrected chi connectivity index (χ2v) is 10.8. The zero-order valence-electron chi connectivity index (χ0n) is 17.7. The number of nitrogens with one attached hydrogen (secondary N) is 1. The molecular formula is C21H26N6O3S. The van der Waals surface area contributed by atoms with Gasteiger partial charge in [0.05, 0.1) is 17.7 Å². The first-order chi connectivity index (χ1) is 14.6. The lowest BCUT2D eigenvalue weighted by Gasteiger charge is -2.34. The van der Waals surface area contributed by atoms with E-state index in [1.807, 2.05) is 11.0 Å². The molecule has 164 valence electrons. The summed E-state index contributed by atoms with van der Waals surface area (Å²) >= 11 is 0. The van der Waals surface area contributed by atoms with Gasteiger partial charge in [-0.25, -0.2) is 18.4 Å². The Morgan fingerprint density at radius 2 is 1.87 bits per heavy atom. The van der Waals surface area contributed by atoms with Gasteiger partial charge in [0.15, 0.2) is 0 Å². The molecule has 1 aliphatic heterocycles. The lowest BCUT2D eigenvalue weighted by atomic mass is 10.0. The number of ether oxygens (including phenoxy) is 1. The molecule has 9 nitrogen and oxygen atoms in total.